The van der Waals surface area contributed by atoms with Gasteiger partial charge in [-0.2, -0.15) is 5.10 Å². The fourth-order valence-corrected chi connectivity index (χ4v) is 1.49. The second kappa shape index (κ2) is 4.57. The molecular weight excluding hydrogens is 200 g/mol. The van der Waals surface area contributed by atoms with Crippen molar-refractivity contribution in [3.05, 3.63) is 48.0 Å². The van der Waals surface area contributed by atoms with Crippen LogP contribution in [0.25, 0.3) is 10.8 Å². The van der Waals surface area contributed by atoms with Gasteiger partial charge in [-0.25, -0.2) is 5.43 Å². The van der Waals surface area contributed by atoms with Crippen molar-refractivity contribution in [2.45, 2.75) is 6.92 Å². The van der Waals surface area contributed by atoms with Crippen molar-refractivity contribution >= 4 is 22.9 Å². The zero-order chi connectivity index (χ0) is 11.4. The van der Waals surface area contributed by atoms with Crippen LogP contribution < -0.4 is 5.43 Å². The summed E-state index contributed by atoms with van der Waals surface area (Å²) in [5.74, 6) is -0.169. The lowest BCUT2D eigenvalue weighted by Gasteiger charge is -1.98. The standard InChI is InChI=1S/C13H12N2O/c1-10(16)15-14-9-11-6-7-12-4-2-3-5-13(12)8-11/h2-9H,1H3,(H,15,16)/b14-9+. The first-order valence-electron chi connectivity index (χ1n) is 5.04. The molecule has 0 heterocycles. The molecule has 0 aliphatic heterocycles. The van der Waals surface area contributed by atoms with E-state index in [1.165, 1.54) is 12.3 Å². The third-order valence-corrected chi connectivity index (χ3v) is 2.21. The first kappa shape index (κ1) is 10.4. The van der Waals surface area contributed by atoms with Gasteiger partial charge in [-0.05, 0) is 22.4 Å². The summed E-state index contributed by atoms with van der Waals surface area (Å²) >= 11 is 0. The Morgan fingerprint density at radius 3 is 2.69 bits per heavy atom. The summed E-state index contributed by atoms with van der Waals surface area (Å²) in [4.78, 5) is 10.6. The molecule has 80 valence electrons. The Morgan fingerprint density at radius 2 is 1.94 bits per heavy atom. The van der Waals surface area contributed by atoms with Gasteiger partial charge in [0.05, 0.1) is 6.21 Å². The molecule has 2 aromatic carbocycles. The van der Waals surface area contributed by atoms with Crippen molar-refractivity contribution < 1.29 is 4.79 Å². The largest absolute Gasteiger partial charge is 0.274 e. The molecule has 3 nitrogen and oxygen atoms in total. The molecule has 0 unspecified atom stereocenters. The van der Waals surface area contributed by atoms with Gasteiger partial charge in [-0.3, -0.25) is 4.79 Å². The smallest absolute Gasteiger partial charge is 0.236 e. The van der Waals surface area contributed by atoms with E-state index in [0.717, 1.165) is 10.9 Å². The Kier molecular flexibility index (Phi) is 2.96. The third-order valence-electron chi connectivity index (χ3n) is 2.21. The molecule has 0 bridgehead atoms. The van der Waals surface area contributed by atoms with Gasteiger partial charge in [0.1, 0.15) is 0 Å². The number of rotatable bonds is 2. The third kappa shape index (κ3) is 2.45. The highest BCUT2D eigenvalue weighted by molar-refractivity contribution is 5.90. The number of benzene rings is 2. The Hall–Kier alpha value is -2.16. The number of hydrogen-bond donors (Lipinski definition) is 1. The normalized spacial score (nSPS) is 10.8. The first-order valence-corrected chi connectivity index (χ1v) is 5.04. The minimum Gasteiger partial charge on any atom is -0.274 e. The van der Waals surface area contributed by atoms with Crippen molar-refractivity contribution in [3.63, 3.8) is 0 Å². The average Bonchev–Trinajstić information content (AvgIpc) is 2.28. The zero-order valence-corrected chi connectivity index (χ0v) is 8.97. The molecule has 3 heteroatoms. The SMILES string of the molecule is CC(=O)N/N=C/c1ccc2ccccc2c1. The van der Waals surface area contributed by atoms with Crippen LogP contribution in [0.15, 0.2) is 47.6 Å². The predicted molar refractivity (Wildman–Crippen MR) is 65.4 cm³/mol. The van der Waals surface area contributed by atoms with Crippen LogP contribution in [0.4, 0.5) is 0 Å². The average molecular weight is 212 g/mol. The molecule has 0 spiro atoms. The Bertz CT molecular complexity index is 546. The molecule has 0 radical (unpaired) electrons. The summed E-state index contributed by atoms with van der Waals surface area (Å²) in [6.45, 7) is 1.43. The molecule has 0 fully saturated rings. The van der Waals surface area contributed by atoms with Gasteiger partial charge in [0.2, 0.25) is 5.91 Å². The van der Waals surface area contributed by atoms with Crippen LogP contribution in [0, 0.1) is 0 Å². The van der Waals surface area contributed by atoms with E-state index < -0.39 is 0 Å². The summed E-state index contributed by atoms with van der Waals surface area (Å²) in [7, 11) is 0. The van der Waals surface area contributed by atoms with Crippen LogP contribution in [0.5, 0.6) is 0 Å². The van der Waals surface area contributed by atoms with E-state index in [1.54, 1.807) is 6.21 Å². The van der Waals surface area contributed by atoms with E-state index >= 15 is 0 Å². The predicted octanol–water partition coefficient (Wildman–Crippen LogP) is 2.31. The number of amides is 1. The Morgan fingerprint density at radius 1 is 1.19 bits per heavy atom. The summed E-state index contributed by atoms with van der Waals surface area (Å²) in [5, 5.41) is 6.18. The van der Waals surface area contributed by atoms with Crippen molar-refractivity contribution in [1.82, 2.24) is 5.43 Å². The molecule has 2 rings (SSSR count). The topological polar surface area (TPSA) is 41.5 Å². The highest BCUT2D eigenvalue weighted by Gasteiger charge is 1.93. The number of nitrogens with one attached hydrogen (secondary N) is 1. The molecule has 0 saturated heterocycles. The van der Waals surface area contributed by atoms with E-state index in [4.69, 9.17) is 0 Å². The van der Waals surface area contributed by atoms with Crippen molar-refractivity contribution in [2.75, 3.05) is 0 Å². The number of carbonyl (C=O) groups is 1. The van der Waals surface area contributed by atoms with Gasteiger partial charge < -0.3 is 0 Å². The van der Waals surface area contributed by atoms with Gasteiger partial charge in [-0.15, -0.1) is 0 Å². The fourth-order valence-electron chi connectivity index (χ4n) is 1.49. The monoisotopic (exact) mass is 212 g/mol. The van der Waals surface area contributed by atoms with E-state index in [-0.39, 0.29) is 5.91 Å². The number of carbonyl (C=O) groups excluding carboxylic acids is 1. The molecule has 1 N–H and O–H groups in total. The minimum atomic E-state index is -0.169. The van der Waals surface area contributed by atoms with Gasteiger partial charge >= 0.3 is 0 Å². The van der Waals surface area contributed by atoms with Crippen LogP contribution in [0.3, 0.4) is 0 Å². The maximum atomic E-state index is 10.6. The Balaban J connectivity index is 2.26. The van der Waals surface area contributed by atoms with Crippen molar-refractivity contribution in [2.24, 2.45) is 5.10 Å². The molecule has 0 aromatic heterocycles. The highest BCUT2D eigenvalue weighted by atomic mass is 16.2. The van der Waals surface area contributed by atoms with E-state index in [1.807, 2.05) is 36.4 Å². The summed E-state index contributed by atoms with van der Waals surface area (Å²) in [6.07, 6.45) is 1.63. The van der Waals surface area contributed by atoms with Crippen molar-refractivity contribution in [1.29, 1.82) is 0 Å². The first-order chi connectivity index (χ1) is 7.75. The van der Waals surface area contributed by atoms with Crippen LogP contribution in [0.1, 0.15) is 12.5 Å². The molecular formula is C13H12N2O. The second-order valence-corrected chi connectivity index (χ2v) is 3.53. The number of nitrogens with zero attached hydrogens (tertiary/aromatic N) is 1. The maximum absolute atomic E-state index is 10.6. The van der Waals surface area contributed by atoms with Gasteiger partial charge in [0.15, 0.2) is 0 Å². The highest BCUT2D eigenvalue weighted by Crippen LogP contribution is 2.14. The van der Waals surface area contributed by atoms with Crippen LogP contribution in [-0.4, -0.2) is 12.1 Å². The van der Waals surface area contributed by atoms with Gasteiger partial charge in [0, 0.05) is 6.92 Å². The van der Waals surface area contributed by atoms with Crippen LogP contribution in [-0.2, 0) is 4.79 Å². The molecule has 0 aliphatic rings. The lowest BCUT2D eigenvalue weighted by atomic mass is 10.1. The Labute approximate surface area is 93.8 Å². The lowest BCUT2D eigenvalue weighted by molar-refractivity contribution is -0.118. The fraction of sp³-hybridized carbons (Fsp3) is 0.0769. The molecule has 1 amide bonds. The lowest BCUT2D eigenvalue weighted by Crippen LogP contribution is -2.12. The molecule has 16 heavy (non-hydrogen) atoms. The van der Waals surface area contributed by atoms with E-state index in [2.05, 4.69) is 16.6 Å². The number of hydrazone groups is 1. The quantitative estimate of drug-likeness (QED) is 0.602. The van der Waals surface area contributed by atoms with Crippen LogP contribution in [0.2, 0.25) is 0 Å². The number of fused-ring (bicyclic) bond motifs is 1. The number of hydrogen-bond acceptors (Lipinski definition) is 2. The van der Waals surface area contributed by atoms with Gasteiger partial charge in [-0.1, -0.05) is 36.4 Å². The van der Waals surface area contributed by atoms with E-state index in [0.29, 0.717) is 0 Å². The second-order valence-electron chi connectivity index (χ2n) is 3.53. The van der Waals surface area contributed by atoms with Gasteiger partial charge in [0.25, 0.3) is 0 Å². The maximum Gasteiger partial charge on any atom is 0.236 e. The molecule has 0 aliphatic carbocycles. The van der Waals surface area contributed by atoms with E-state index in [9.17, 15) is 4.79 Å². The van der Waals surface area contributed by atoms with Crippen molar-refractivity contribution in [3.8, 4) is 0 Å². The minimum absolute atomic E-state index is 0.169. The summed E-state index contributed by atoms with van der Waals surface area (Å²) in [5.41, 5.74) is 3.34. The molecule has 0 saturated carbocycles. The molecule has 0 atom stereocenters. The van der Waals surface area contributed by atoms with Crippen LogP contribution >= 0.6 is 0 Å². The molecule has 2 aromatic rings. The summed E-state index contributed by atoms with van der Waals surface area (Å²) < 4.78 is 0. The zero-order valence-electron chi connectivity index (χ0n) is 8.97. The summed E-state index contributed by atoms with van der Waals surface area (Å²) in [6, 6.07) is 14.1.